The summed E-state index contributed by atoms with van der Waals surface area (Å²) in [4.78, 5) is 89.3. The minimum Gasteiger partial charge on any atom is -0.453 e. The van der Waals surface area contributed by atoms with Gasteiger partial charge in [-0.05, 0) is 42.3 Å². The number of imidazole rings is 1. The molecule has 35 heteroatoms. The summed E-state index contributed by atoms with van der Waals surface area (Å²) in [5.74, 6) is -2.20. The molecule has 73 heavy (non-hydrogen) atoms. The zero-order valence-corrected chi connectivity index (χ0v) is 40.6. The van der Waals surface area contributed by atoms with Gasteiger partial charge in [0.2, 0.25) is 11.9 Å². The van der Waals surface area contributed by atoms with Crippen molar-refractivity contribution >= 4 is 87.6 Å². The molecule has 0 radical (unpaired) electrons. The number of phosphoric ester groups is 1. The highest BCUT2D eigenvalue weighted by molar-refractivity contribution is 7.86. The van der Waals surface area contributed by atoms with Crippen LogP contribution in [0.5, 0.6) is 0 Å². The Morgan fingerprint density at radius 2 is 1.66 bits per heavy atom. The predicted molar refractivity (Wildman–Crippen MR) is 247 cm³/mol. The molecule has 14 N–H and O–H groups in total. The van der Waals surface area contributed by atoms with Crippen molar-refractivity contribution in [3.05, 3.63) is 76.1 Å². The van der Waals surface area contributed by atoms with Gasteiger partial charge in [-0.1, -0.05) is 18.2 Å². The molecule has 3 amide bonds. The van der Waals surface area contributed by atoms with Crippen LogP contribution < -0.4 is 33.0 Å². The number of anilines is 2. The molecule has 1 fully saturated rings. The van der Waals surface area contributed by atoms with Crippen LogP contribution in [-0.2, 0) is 52.5 Å². The first-order valence-corrected chi connectivity index (χ1v) is 26.6. The third kappa shape index (κ3) is 11.9. The van der Waals surface area contributed by atoms with Crippen LogP contribution in [0.25, 0.3) is 44.6 Å². The van der Waals surface area contributed by atoms with Crippen molar-refractivity contribution in [3.8, 4) is 22.5 Å². The van der Waals surface area contributed by atoms with Crippen LogP contribution >= 0.6 is 15.6 Å². The van der Waals surface area contributed by atoms with Gasteiger partial charge in [-0.25, -0.2) is 18.9 Å². The maximum atomic E-state index is 14.1. The normalized spacial score (nSPS) is 18.2. The SMILES string of the molecule is CN(CCCC(=O)NCCNC(=O)O[C@H]1[C@@H](O)[C@H](n2cnc3c(=O)[nH]c(N)nc32)O[C@@H]1COP(=O)(O)OP(=O)(O)O)C(=O)c1ccccc1-c1c2ccc(=N)c(S(=O)(=O)O)c-2oc2c(S(=O)(=O)O)c(N)ccc12. The maximum Gasteiger partial charge on any atom is 0.481 e. The Morgan fingerprint density at radius 1 is 0.973 bits per heavy atom. The van der Waals surface area contributed by atoms with Crippen LogP contribution in [0.3, 0.4) is 0 Å². The Bertz CT molecular complexity index is 3600. The number of H-pyrrole nitrogens is 1. The lowest BCUT2D eigenvalue weighted by molar-refractivity contribution is -0.121. The Morgan fingerprint density at radius 3 is 2.34 bits per heavy atom. The molecular formula is C38H42N10O21P2S2. The fourth-order valence-electron chi connectivity index (χ4n) is 7.77. The molecule has 3 aliphatic rings. The van der Waals surface area contributed by atoms with Gasteiger partial charge in [0.25, 0.3) is 31.7 Å². The molecule has 1 saturated heterocycles. The van der Waals surface area contributed by atoms with Crippen LogP contribution in [0.4, 0.5) is 16.4 Å². The summed E-state index contributed by atoms with van der Waals surface area (Å²) in [5, 5.41) is 23.5. The largest absolute Gasteiger partial charge is 0.481 e. The van der Waals surface area contributed by atoms with Gasteiger partial charge >= 0.3 is 21.7 Å². The molecule has 0 saturated carbocycles. The number of aliphatic hydroxyl groups is 1. The highest BCUT2D eigenvalue weighted by Gasteiger charge is 2.49. The molecule has 31 nitrogen and oxygen atoms in total. The number of hydrogen-bond donors (Lipinski definition) is 12. The van der Waals surface area contributed by atoms with Gasteiger partial charge in [-0.2, -0.15) is 26.1 Å². The molecule has 2 aliphatic heterocycles. The lowest BCUT2D eigenvalue weighted by atomic mass is 9.90. The Balaban J connectivity index is 0.988. The summed E-state index contributed by atoms with van der Waals surface area (Å²) in [6.07, 6.45) is -7.13. The number of alkyl carbamates (subject to hydrolysis) is 1. The van der Waals surface area contributed by atoms with Gasteiger partial charge in [0.1, 0.15) is 12.2 Å². The van der Waals surface area contributed by atoms with Crippen LogP contribution in [0.1, 0.15) is 29.4 Å². The molecule has 0 bridgehead atoms. The summed E-state index contributed by atoms with van der Waals surface area (Å²) in [6.45, 7) is -1.58. The van der Waals surface area contributed by atoms with E-state index in [1.807, 2.05) is 0 Å². The number of aromatic amines is 1. The predicted octanol–water partition coefficient (Wildman–Crippen LogP) is 0.0229. The lowest BCUT2D eigenvalue weighted by Gasteiger charge is -2.22. The molecular weight excluding hydrogens is 1060 g/mol. The van der Waals surface area contributed by atoms with Crippen LogP contribution in [0.15, 0.2) is 73.9 Å². The number of phosphoric acid groups is 2. The molecule has 5 atom stereocenters. The first kappa shape index (κ1) is 54.1. The molecule has 2 aromatic carbocycles. The van der Waals surface area contributed by atoms with Gasteiger partial charge in [-0.3, -0.25) is 43.0 Å². The van der Waals surface area contributed by atoms with Gasteiger partial charge in [0.05, 0.1) is 24.0 Å². The molecule has 1 unspecified atom stereocenters. The van der Waals surface area contributed by atoms with Gasteiger partial charge < -0.3 is 60.7 Å². The molecule has 4 heterocycles. The van der Waals surface area contributed by atoms with E-state index in [9.17, 15) is 64.2 Å². The number of nitrogen functional groups attached to an aromatic ring is 2. The number of benzene rings is 3. The van der Waals surface area contributed by atoms with Crippen molar-refractivity contribution in [2.45, 2.75) is 47.2 Å². The second-order valence-corrected chi connectivity index (χ2v) is 21.3. The van der Waals surface area contributed by atoms with E-state index in [0.29, 0.717) is 0 Å². The van der Waals surface area contributed by atoms with E-state index < -0.39 is 123 Å². The minimum atomic E-state index is -5.55. The number of ether oxygens (including phenoxy) is 2. The van der Waals surface area contributed by atoms with Gasteiger partial charge in [0, 0.05) is 55.2 Å². The second kappa shape index (κ2) is 20.7. The number of carbonyl (C=O) groups is 3. The average Bonchev–Trinajstić information content (AvgIpc) is 3.83. The summed E-state index contributed by atoms with van der Waals surface area (Å²) in [5.41, 5.74) is 9.19. The maximum absolute atomic E-state index is 14.1. The molecule has 1 aliphatic carbocycles. The molecule has 0 spiro atoms. The molecule has 4 aromatic rings. The number of hydrogen-bond acceptors (Lipinski definition) is 21. The van der Waals surface area contributed by atoms with E-state index in [-0.39, 0.29) is 77.2 Å². The number of aliphatic hydroxyl groups excluding tert-OH is 1. The first-order chi connectivity index (χ1) is 34.1. The summed E-state index contributed by atoms with van der Waals surface area (Å²) < 4.78 is 120. The number of amides is 3. The van der Waals surface area contributed by atoms with E-state index >= 15 is 0 Å². The Kier molecular flexibility index (Phi) is 15.3. The van der Waals surface area contributed by atoms with Crippen LogP contribution in [0.2, 0.25) is 0 Å². The number of rotatable bonds is 18. The Hall–Kier alpha value is -6.71. The highest BCUT2D eigenvalue weighted by Crippen LogP contribution is 2.58. The number of nitrogens with zero attached hydrogens (tertiary/aromatic N) is 4. The minimum absolute atomic E-state index is 0.000918. The van der Waals surface area contributed by atoms with Crippen molar-refractivity contribution in [2.75, 3.05) is 44.8 Å². The molecule has 392 valence electrons. The monoisotopic (exact) mass is 1100 g/mol. The van der Waals surface area contributed by atoms with Crippen molar-refractivity contribution in [1.82, 2.24) is 35.1 Å². The van der Waals surface area contributed by atoms with Crippen molar-refractivity contribution in [1.29, 1.82) is 5.41 Å². The van der Waals surface area contributed by atoms with Crippen LogP contribution in [0, 0.1) is 5.41 Å². The topological polar surface area (TPSA) is 492 Å². The van der Waals surface area contributed by atoms with Gasteiger partial charge in [-0.15, -0.1) is 0 Å². The van der Waals surface area contributed by atoms with Crippen molar-refractivity contribution < 1.29 is 92.0 Å². The number of nitrogens with two attached hydrogens (primary N) is 2. The zero-order valence-electron chi connectivity index (χ0n) is 37.2. The third-order valence-corrected chi connectivity index (χ3v) is 14.8. The smallest absolute Gasteiger partial charge is 0.453 e. The fraction of sp³-hybridized carbons (Fsp3) is 0.289. The second-order valence-electron chi connectivity index (χ2n) is 15.8. The Labute approximate surface area is 409 Å². The zero-order chi connectivity index (χ0) is 53.5. The summed E-state index contributed by atoms with van der Waals surface area (Å²) >= 11 is 0. The fourth-order valence-corrected chi connectivity index (χ4v) is 10.9. The van der Waals surface area contributed by atoms with E-state index in [1.54, 1.807) is 0 Å². The van der Waals surface area contributed by atoms with Crippen molar-refractivity contribution in [2.24, 2.45) is 0 Å². The summed E-state index contributed by atoms with van der Waals surface area (Å²) in [7, 11) is -20.0. The van der Waals surface area contributed by atoms with Crippen molar-refractivity contribution in [3.63, 3.8) is 0 Å². The van der Waals surface area contributed by atoms with E-state index in [1.165, 1.54) is 48.3 Å². The van der Waals surface area contributed by atoms with Gasteiger partial charge in [0.15, 0.2) is 44.6 Å². The average molecular weight is 1100 g/mol. The van der Waals surface area contributed by atoms with E-state index in [0.717, 1.165) is 23.0 Å². The standard InChI is InChI=1S/C38H42N10O21P2S2/c1-47(35(52)18-6-3-2-5-17(18)25-19-8-10-21(39)31(72(59,60)61)28(19)67-29-20(25)9-11-22(40)32(29)73(62,63)64)14-4-7-24(49)42-12-13-43-38(53)68-30-23(15-65-71(57,58)69-70(54,55)56)66-36(27(30)50)48-16-44-26-33(48)45-37(41)46-34(26)51/h2-3,5-6,8-11,16,23,27,30,36,39,50H,4,7,12-15,40H2,1H3,(H,42,49)(H,43,53)(H,57,58)(H2,54,55,56)(H,59,60,61)(H,62,63,64)(H3,41,45,46,51)/t23-,27-,30-,36-/m1/s1. The first-order valence-electron chi connectivity index (χ1n) is 20.7. The van der Waals surface area contributed by atoms with E-state index in [2.05, 4.69) is 34.4 Å². The number of fused-ring (bicyclic) bond motifs is 3. The number of carbonyl (C=O) groups excluding carboxylic acids is 3. The highest BCUT2D eigenvalue weighted by atomic mass is 32.2. The summed E-state index contributed by atoms with van der Waals surface area (Å²) in [6, 6.07) is 10.6. The molecule has 7 rings (SSSR count). The third-order valence-electron chi connectivity index (χ3n) is 10.8. The molecule has 2 aromatic heterocycles. The number of nitrogens with one attached hydrogen (secondary N) is 4. The van der Waals surface area contributed by atoms with Crippen LogP contribution in [-0.4, -0.2) is 140 Å². The lowest BCUT2D eigenvalue weighted by Crippen LogP contribution is -2.42. The quantitative estimate of drug-likeness (QED) is 0.0177. The van der Waals surface area contributed by atoms with E-state index in [4.69, 9.17) is 40.6 Å². The number of aromatic nitrogens is 4.